The van der Waals surface area contributed by atoms with Gasteiger partial charge in [-0.1, -0.05) is 24.8 Å². The first-order valence-electron chi connectivity index (χ1n) is 8.77. The van der Waals surface area contributed by atoms with Crippen LogP contribution in [0.1, 0.15) is 66.4 Å². The van der Waals surface area contributed by atoms with Crippen LogP contribution in [0, 0.1) is 0 Å². The van der Waals surface area contributed by atoms with Gasteiger partial charge < -0.3 is 4.74 Å². The van der Waals surface area contributed by atoms with E-state index in [-0.39, 0.29) is 11.1 Å². The number of rotatable bonds is 8. The number of nitrogens with zero attached hydrogens (tertiary/aromatic N) is 1. The third-order valence-electron chi connectivity index (χ3n) is 4.03. The Hall–Kier alpha value is -1.28. The minimum Gasteiger partial charge on any atom is -0.494 e. The van der Waals surface area contributed by atoms with E-state index in [9.17, 15) is 0 Å². The second-order valence-electron chi connectivity index (χ2n) is 8.18. The molecule has 0 aromatic heterocycles. The molecule has 0 aliphatic heterocycles. The zero-order chi connectivity index (χ0) is 17.5. The van der Waals surface area contributed by atoms with Gasteiger partial charge in [-0.3, -0.25) is 4.90 Å². The van der Waals surface area contributed by atoms with Gasteiger partial charge in [-0.2, -0.15) is 0 Å². The van der Waals surface area contributed by atoms with Crippen LogP contribution < -0.4 is 4.74 Å². The molecule has 0 amide bonds. The molecule has 1 aromatic carbocycles. The van der Waals surface area contributed by atoms with Gasteiger partial charge in [-0.05, 0) is 85.0 Å². The maximum absolute atomic E-state index is 5.80. The molecule has 0 spiro atoms. The van der Waals surface area contributed by atoms with Gasteiger partial charge in [0.25, 0.3) is 0 Å². The van der Waals surface area contributed by atoms with E-state index in [4.69, 9.17) is 4.74 Å². The molecule has 0 aliphatic rings. The molecule has 0 heterocycles. The minimum atomic E-state index is 0.210. The summed E-state index contributed by atoms with van der Waals surface area (Å²) in [4.78, 5) is 2.59. The third kappa shape index (κ3) is 7.22. The molecule has 0 radical (unpaired) electrons. The van der Waals surface area contributed by atoms with Crippen molar-refractivity contribution in [1.29, 1.82) is 0 Å². The fraction of sp³-hybridized carbons (Fsp3) is 0.619. The van der Waals surface area contributed by atoms with E-state index in [0.717, 1.165) is 30.9 Å². The highest BCUT2D eigenvalue weighted by Gasteiger charge is 2.30. The summed E-state index contributed by atoms with van der Waals surface area (Å²) >= 11 is 0. The molecule has 0 saturated carbocycles. The Bertz CT molecular complexity index is 448. The molecule has 2 heteroatoms. The molecule has 2 nitrogen and oxygen atoms in total. The smallest absolute Gasteiger partial charge is 0.119 e. The predicted molar refractivity (Wildman–Crippen MR) is 102 cm³/mol. The summed E-state index contributed by atoms with van der Waals surface area (Å²) in [6, 6.07) is 8.09. The van der Waals surface area contributed by atoms with Crippen LogP contribution in [-0.4, -0.2) is 29.1 Å². The van der Waals surface area contributed by atoms with Gasteiger partial charge in [-0.15, -0.1) is 0 Å². The van der Waals surface area contributed by atoms with Crippen LogP contribution in [-0.2, 0) is 0 Å². The maximum Gasteiger partial charge on any atom is 0.119 e. The lowest BCUT2D eigenvalue weighted by atomic mass is 9.95. The third-order valence-corrected chi connectivity index (χ3v) is 4.03. The summed E-state index contributed by atoms with van der Waals surface area (Å²) in [5, 5.41) is 0. The van der Waals surface area contributed by atoms with E-state index < -0.39 is 0 Å². The average Bonchev–Trinajstić information content (AvgIpc) is 2.44. The first-order valence-corrected chi connectivity index (χ1v) is 8.77. The quantitative estimate of drug-likeness (QED) is 0.564. The number of ether oxygens (including phenoxy) is 1. The first kappa shape index (κ1) is 19.8. The topological polar surface area (TPSA) is 12.5 Å². The van der Waals surface area contributed by atoms with Crippen molar-refractivity contribution in [2.24, 2.45) is 0 Å². The fourth-order valence-corrected chi connectivity index (χ4v) is 3.12. The molecule has 23 heavy (non-hydrogen) atoms. The lowest BCUT2D eigenvalue weighted by Gasteiger charge is -2.45. The average molecular weight is 318 g/mol. The van der Waals surface area contributed by atoms with Crippen LogP contribution in [0.15, 0.2) is 30.8 Å². The molecule has 0 N–H and O–H groups in total. The molecule has 1 rings (SSSR count). The van der Waals surface area contributed by atoms with Gasteiger partial charge in [0.05, 0.1) is 6.61 Å². The second-order valence-corrected chi connectivity index (χ2v) is 8.18. The van der Waals surface area contributed by atoms with E-state index in [2.05, 4.69) is 53.0 Å². The Morgan fingerprint density at radius 2 is 1.48 bits per heavy atom. The molecule has 0 fully saturated rings. The van der Waals surface area contributed by atoms with E-state index in [1.807, 2.05) is 30.3 Å². The van der Waals surface area contributed by atoms with Crippen LogP contribution in [0.3, 0.4) is 0 Å². The van der Waals surface area contributed by atoms with Gasteiger partial charge in [0, 0.05) is 11.1 Å². The highest BCUT2D eigenvalue weighted by molar-refractivity contribution is 5.48. The molecule has 0 saturated heterocycles. The largest absolute Gasteiger partial charge is 0.494 e. The Balaban J connectivity index is 2.27. The summed E-state index contributed by atoms with van der Waals surface area (Å²) in [5.41, 5.74) is 1.55. The summed E-state index contributed by atoms with van der Waals surface area (Å²) in [5.74, 6) is 0.946. The fourth-order valence-electron chi connectivity index (χ4n) is 3.12. The number of benzene rings is 1. The monoisotopic (exact) mass is 317 g/mol. The Morgan fingerprint density at radius 3 is 1.96 bits per heavy atom. The van der Waals surface area contributed by atoms with Crippen molar-refractivity contribution in [1.82, 2.24) is 4.90 Å². The zero-order valence-corrected chi connectivity index (χ0v) is 16.0. The summed E-state index contributed by atoms with van der Waals surface area (Å²) in [7, 11) is 0. The van der Waals surface area contributed by atoms with Crippen molar-refractivity contribution in [3.05, 3.63) is 36.4 Å². The predicted octanol–water partition coefficient (Wildman–Crippen LogP) is 5.78. The van der Waals surface area contributed by atoms with Gasteiger partial charge >= 0.3 is 0 Å². The summed E-state index contributed by atoms with van der Waals surface area (Å²) < 4.78 is 5.80. The van der Waals surface area contributed by atoms with Crippen molar-refractivity contribution in [3.8, 4) is 5.75 Å². The Morgan fingerprint density at radius 1 is 0.913 bits per heavy atom. The standard InChI is InChI=1S/C21H35NO/c1-8-18-12-14-19(15-13-18)23-17-11-9-10-16-22(20(2,3)4)21(5,6)7/h8,12-15H,1,9-11,16-17H2,2-7H3. The number of unbranched alkanes of at least 4 members (excludes halogenated alkanes) is 2. The normalized spacial score (nSPS) is 12.5. The molecule has 130 valence electrons. The SMILES string of the molecule is C=Cc1ccc(OCCCCCN(C(C)(C)C)C(C)(C)C)cc1. The van der Waals surface area contributed by atoms with E-state index in [1.165, 1.54) is 12.8 Å². The Kier molecular flexibility index (Phi) is 7.34. The van der Waals surface area contributed by atoms with Crippen LogP contribution in [0.25, 0.3) is 6.08 Å². The maximum atomic E-state index is 5.80. The number of hydrogen-bond acceptors (Lipinski definition) is 2. The van der Waals surface area contributed by atoms with E-state index in [0.29, 0.717) is 0 Å². The van der Waals surface area contributed by atoms with Crippen molar-refractivity contribution in [2.75, 3.05) is 13.2 Å². The molecular weight excluding hydrogens is 282 g/mol. The molecule has 0 bridgehead atoms. The van der Waals surface area contributed by atoms with Crippen LogP contribution in [0.4, 0.5) is 0 Å². The molecular formula is C21H35NO. The minimum absolute atomic E-state index is 0.210. The van der Waals surface area contributed by atoms with Crippen LogP contribution in [0.2, 0.25) is 0 Å². The van der Waals surface area contributed by atoms with Crippen molar-refractivity contribution >= 4 is 6.08 Å². The van der Waals surface area contributed by atoms with E-state index in [1.54, 1.807) is 0 Å². The van der Waals surface area contributed by atoms with Gasteiger partial charge in [0.15, 0.2) is 0 Å². The molecule has 0 aliphatic carbocycles. The lowest BCUT2D eigenvalue weighted by molar-refractivity contribution is 0.0365. The van der Waals surface area contributed by atoms with Crippen LogP contribution >= 0.6 is 0 Å². The van der Waals surface area contributed by atoms with E-state index >= 15 is 0 Å². The second kappa shape index (κ2) is 8.54. The summed E-state index contributed by atoms with van der Waals surface area (Å²) in [6.07, 6.45) is 5.37. The molecule has 1 aromatic rings. The lowest BCUT2D eigenvalue weighted by Crippen LogP contribution is -2.52. The number of hydrogen-bond donors (Lipinski definition) is 0. The van der Waals surface area contributed by atoms with Crippen molar-refractivity contribution < 1.29 is 4.74 Å². The van der Waals surface area contributed by atoms with Crippen molar-refractivity contribution in [2.45, 2.75) is 71.9 Å². The molecule has 0 unspecified atom stereocenters. The van der Waals surface area contributed by atoms with Crippen LogP contribution in [0.5, 0.6) is 5.75 Å². The van der Waals surface area contributed by atoms with Gasteiger partial charge in [0.2, 0.25) is 0 Å². The molecule has 0 atom stereocenters. The van der Waals surface area contributed by atoms with Gasteiger partial charge in [0.1, 0.15) is 5.75 Å². The zero-order valence-electron chi connectivity index (χ0n) is 16.0. The first-order chi connectivity index (χ1) is 10.6. The highest BCUT2D eigenvalue weighted by atomic mass is 16.5. The Labute approximate surface area is 143 Å². The van der Waals surface area contributed by atoms with Gasteiger partial charge in [-0.25, -0.2) is 0 Å². The highest BCUT2D eigenvalue weighted by Crippen LogP contribution is 2.25. The van der Waals surface area contributed by atoms with Crippen molar-refractivity contribution in [3.63, 3.8) is 0 Å². The summed E-state index contributed by atoms with van der Waals surface area (Å²) in [6.45, 7) is 19.5.